The average Bonchev–Trinajstić information content (AvgIpc) is 3.47. The van der Waals surface area contributed by atoms with Gasteiger partial charge in [-0.25, -0.2) is 4.98 Å². The molecule has 6 nitrogen and oxygen atoms in total. The van der Waals surface area contributed by atoms with E-state index in [9.17, 15) is 9.59 Å². The Hall–Kier alpha value is -3.93. The van der Waals surface area contributed by atoms with Crippen LogP contribution in [0, 0.1) is 6.92 Å². The number of carbonyl (C=O) groups is 2. The van der Waals surface area contributed by atoms with Crippen molar-refractivity contribution in [1.82, 2.24) is 14.3 Å². The summed E-state index contributed by atoms with van der Waals surface area (Å²) in [7, 11) is 0. The number of nitrogens with one attached hydrogen (secondary N) is 1. The lowest BCUT2D eigenvalue weighted by Crippen LogP contribution is -2.30. The van der Waals surface area contributed by atoms with Crippen LogP contribution >= 0.6 is 0 Å². The molecule has 3 heterocycles. The number of hydrogen-bond donors (Lipinski definition) is 1. The molecular weight excluding hydrogens is 412 g/mol. The lowest BCUT2D eigenvalue weighted by molar-refractivity contribution is -0.115. The van der Waals surface area contributed by atoms with Gasteiger partial charge < -0.3 is 14.6 Å². The third kappa shape index (κ3) is 4.37. The Morgan fingerprint density at radius 1 is 1.03 bits per heavy atom. The van der Waals surface area contributed by atoms with Crippen molar-refractivity contribution >= 4 is 23.1 Å². The number of fused-ring (bicyclic) bond motifs is 1. The molecule has 0 spiro atoms. The van der Waals surface area contributed by atoms with Gasteiger partial charge in [-0.05, 0) is 61.2 Å². The first kappa shape index (κ1) is 20.9. The van der Waals surface area contributed by atoms with Crippen LogP contribution in [0.3, 0.4) is 0 Å². The number of pyridine rings is 1. The number of aromatic nitrogens is 2. The summed E-state index contributed by atoms with van der Waals surface area (Å²) in [5, 5.41) is 2.91. The number of anilines is 1. The number of likely N-dealkylation sites (tertiary alicyclic amines) is 1. The van der Waals surface area contributed by atoms with Crippen molar-refractivity contribution in [3.05, 3.63) is 102 Å². The van der Waals surface area contributed by atoms with Crippen LogP contribution in [0.15, 0.2) is 79.1 Å². The van der Waals surface area contributed by atoms with Crippen LogP contribution in [-0.4, -0.2) is 32.6 Å². The minimum atomic E-state index is -0.140. The van der Waals surface area contributed by atoms with Crippen molar-refractivity contribution in [1.29, 1.82) is 0 Å². The Labute approximate surface area is 192 Å². The van der Waals surface area contributed by atoms with Crippen molar-refractivity contribution < 1.29 is 9.59 Å². The van der Waals surface area contributed by atoms with E-state index in [1.807, 2.05) is 58.9 Å². The van der Waals surface area contributed by atoms with Gasteiger partial charge in [0.15, 0.2) is 0 Å². The maximum Gasteiger partial charge on any atom is 0.254 e. The largest absolute Gasteiger partial charge is 0.332 e. The van der Waals surface area contributed by atoms with Gasteiger partial charge in [0.05, 0.1) is 18.2 Å². The molecule has 33 heavy (non-hydrogen) atoms. The van der Waals surface area contributed by atoms with Gasteiger partial charge in [0.25, 0.3) is 5.91 Å². The average molecular weight is 439 g/mol. The number of carbonyl (C=O) groups excluding carboxylic acids is 2. The highest BCUT2D eigenvalue weighted by Gasteiger charge is 2.30. The zero-order valence-electron chi connectivity index (χ0n) is 18.6. The minimum absolute atomic E-state index is 0.0271. The van der Waals surface area contributed by atoms with Gasteiger partial charge in [-0.2, -0.15) is 0 Å². The van der Waals surface area contributed by atoms with E-state index in [0.29, 0.717) is 11.3 Å². The molecule has 1 aliphatic rings. The molecule has 2 aromatic carbocycles. The van der Waals surface area contributed by atoms with E-state index in [1.54, 1.807) is 24.3 Å². The summed E-state index contributed by atoms with van der Waals surface area (Å²) in [6.45, 7) is 2.76. The fraction of sp³-hybridized carbons (Fsp3) is 0.222. The van der Waals surface area contributed by atoms with Gasteiger partial charge in [-0.1, -0.05) is 36.4 Å². The van der Waals surface area contributed by atoms with Crippen molar-refractivity contribution in [2.75, 3.05) is 11.9 Å². The van der Waals surface area contributed by atoms with Crippen molar-refractivity contribution in [3.8, 4) is 0 Å². The zero-order chi connectivity index (χ0) is 22.8. The molecule has 0 aliphatic carbocycles. The van der Waals surface area contributed by atoms with Crippen LogP contribution in [0.4, 0.5) is 5.69 Å². The van der Waals surface area contributed by atoms with Crippen LogP contribution in [0.25, 0.3) is 5.65 Å². The molecule has 5 rings (SSSR count). The number of benzene rings is 2. The van der Waals surface area contributed by atoms with Crippen LogP contribution in [0.2, 0.25) is 0 Å². The maximum atomic E-state index is 13.1. The number of aryl methyl sites for hydroxylation is 1. The molecular formula is C27H26N4O2. The first-order valence-electron chi connectivity index (χ1n) is 11.3. The van der Waals surface area contributed by atoms with Crippen LogP contribution in [-0.2, 0) is 11.2 Å². The summed E-state index contributed by atoms with van der Waals surface area (Å²) in [4.78, 5) is 32.2. The molecule has 1 unspecified atom stereocenters. The highest BCUT2D eigenvalue weighted by Crippen LogP contribution is 2.33. The molecule has 166 valence electrons. The summed E-state index contributed by atoms with van der Waals surface area (Å²) >= 11 is 0. The van der Waals surface area contributed by atoms with Crippen LogP contribution in [0.5, 0.6) is 0 Å². The molecule has 1 aliphatic heterocycles. The minimum Gasteiger partial charge on any atom is -0.332 e. The Bertz CT molecular complexity index is 1290. The van der Waals surface area contributed by atoms with E-state index in [0.717, 1.165) is 36.3 Å². The zero-order valence-corrected chi connectivity index (χ0v) is 18.6. The molecule has 1 N–H and O–H groups in total. The van der Waals surface area contributed by atoms with Gasteiger partial charge in [0.2, 0.25) is 5.91 Å². The van der Waals surface area contributed by atoms with Gasteiger partial charge in [0.1, 0.15) is 5.65 Å². The number of hydrogen-bond acceptors (Lipinski definition) is 3. The second kappa shape index (κ2) is 8.90. The maximum absolute atomic E-state index is 13.1. The van der Waals surface area contributed by atoms with Gasteiger partial charge >= 0.3 is 0 Å². The van der Waals surface area contributed by atoms with E-state index < -0.39 is 0 Å². The first-order chi connectivity index (χ1) is 16.1. The molecule has 2 aromatic heterocycles. The monoisotopic (exact) mass is 438 g/mol. The summed E-state index contributed by atoms with van der Waals surface area (Å²) in [5.41, 5.74) is 5.11. The van der Waals surface area contributed by atoms with E-state index in [2.05, 4.69) is 22.4 Å². The highest BCUT2D eigenvalue weighted by atomic mass is 16.2. The summed E-state index contributed by atoms with van der Waals surface area (Å²) in [6, 6.07) is 21.4. The fourth-order valence-electron chi connectivity index (χ4n) is 4.55. The fourth-order valence-corrected chi connectivity index (χ4v) is 4.55. The van der Waals surface area contributed by atoms with E-state index in [1.165, 1.54) is 5.56 Å². The second-order valence-electron chi connectivity index (χ2n) is 8.52. The first-order valence-corrected chi connectivity index (χ1v) is 11.3. The number of nitrogens with zero attached hydrogens (tertiary/aromatic N) is 3. The number of imidazole rings is 1. The van der Waals surface area contributed by atoms with Crippen molar-refractivity contribution in [2.45, 2.75) is 32.2 Å². The SMILES string of the molecule is Cc1cccn2cc(CC(=O)Nc3ccc(C(=O)N4CCCC4c4ccccc4)cc3)nc12. The lowest BCUT2D eigenvalue weighted by Gasteiger charge is -2.25. The van der Waals surface area contributed by atoms with E-state index >= 15 is 0 Å². The Balaban J connectivity index is 1.24. The molecule has 0 bridgehead atoms. The second-order valence-corrected chi connectivity index (χ2v) is 8.52. The van der Waals surface area contributed by atoms with Crippen LogP contribution < -0.4 is 5.32 Å². The standard InChI is InChI=1S/C27H26N4O2/c1-19-7-5-15-30-18-23(29-26(19)30)17-25(32)28-22-13-11-21(12-14-22)27(33)31-16-6-10-24(31)20-8-3-2-4-9-20/h2-5,7-9,11-15,18,24H,6,10,16-17H2,1H3,(H,28,32). The Morgan fingerprint density at radius 3 is 2.58 bits per heavy atom. The molecule has 4 aromatic rings. The van der Waals surface area contributed by atoms with Crippen molar-refractivity contribution in [3.63, 3.8) is 0 Å². The molecule has 6 heteroatoms. The quantitative estimate of drug-likeness (QED) is 0.487. The van der Waals surface area contributed by atoms with E-state index in [-0.39, 0.29) is 24.3 Å². The Morgan fingerprint density at radius 2 is 1.82 bits per heavy atom. The molecule has 0 radical (unpaired) electrons. The molecule has 1 saturated heterocycles. The number of amides is 2. The van der Waals surface area contributed by atoms with E-state index in [4.69, 9.17) is 0 Å². The normalized spacial score (nSPS) is 15.7. The summed E-state index contributed by atoms with van der Waals surface area (Å²) in [5.74, 6) is -0.113. The predicted molar refractivity (Wildman–Crippen MR) is 128 cm³/mol. The number of rotatable bonds is 5. The van der Waals surface area contributed by atoms with Gasteiger partial charge in [0, 0.05) is 30.2 Å². The molecule has 1 fully saturated rings. The lowest BCUT2D eigenvalue weighted by atomic mass is 10.0. The van der Waals surface area contributed by atoms with Gasteiger partial charge in [-0.3, -0.25) is 9.59 Å². The summed E-state index contributed by atoms with van der Waals surface area (Å²) < 4.78 is 1.93. The van der Waals surface area contributed by atoms with Crippen LogP contribution in [0.1, 0.15) is 46.1 Å². The van der Waals surface area contributed by atoms with Gasteiger partial charge in [-0.15, -0.1) is 0 Å². The topological polar surface area (TPSA) is 66.7 Å². The third-order valence-corrected chi connectivity index (χ3v) is 6.18. The summed E-state index contributed by atoms with van der Waals surface area (Å²) in [6.07, 6.45) is 5.97. The highest BCUT2D eigenvalue weighted by molar-refractivity contribution is 5.96. The molecule has 2 amide bonds. The molecule has 0 saturated carbocycles. The van der Waals surface area contributed by atoms with Crippen molar-refractivity contribution in [2.24, 2.45) is 0 Å². The smallest absolute Gasteiger partial charge is 0.254 e. The Kier molecular flexibility index (Phi) is 5.65. The predicted octanol–water partition coefficient (Wildman–Crippen LogP) is 4.80. The third-order valence-electron chi connectivity index (χ3n) is 6.18. The molecule has 1 atom stereocenters.